The highest BCUT2D eigenvalue weighted by Crippen LogP contribution is 1.94. The van der Waals surface area contributed by atoms with E-state index in [-0.39, 0.29) is 12.0 Å². The zero-order chi connectivity index (χ0) is 9.14. The maximum absolute atomic E-state index is 10.8. The molecule has 1 aromatic heterocycles. The number of carboxylic acid groups (broad SMARTS) is 1. The largest absolute Gasteiger partial charge is 0.480 e. The normalized spacial score (nSPS) is 12.8. The van der Waals surface area contributed by atoms with Gasteiger partial charge in [-0.3, -0.25) is 9.59 Å². The van der Waals surface area contributed by atoms with Gasteiger partial charge in [-0.25, -0.2) is 0 Å². The summed E-state index contributed by atoms with van der Waals surface area (Å²) < 4.78 is 4.44. The Morgan fingerprint density at radius 3 is 2.92 bits per heavy atom. The van der Waals surface area contributed by atoms with Gasteiger partial charge in [-0.1, -0.05) is 0 Å². The highest BCUT2D eigenvalue weighted by atomic mass is 16.5. The van der Waals surface area contributed by atoms with Crippen molar-refractivity contribution in [3.05, 3.63) is 22.2 Å². The van der Waals surface area contributed by atoms with Crippen LogP contribution in [-0.4, -0.2) is 22.3 Å². The zero-order valence-electron chi connectivity index (χ0n) is 6.11. The topological polar surface area (TPSA) is 109 Å². The SMILES string of the molecule is N[C@@H](Cc1co[nH]c1=O)C(=O)O. The third-order valence-electron chi connectivity index (χ3n) is 1.40. The van der Waals surface area contributed by atoms with Gasteiger partial charge in [-0.2, -0.15) is 5.16 Å². The van der Waals surface area contributed by atoms with Crippen LogP contribution in [-0.2, 0) is 11.2 Å². The van der Waals surface area contributed by atoms with Crippen LogP contribution in [0.2, 0.25) is 0 Å². The Morgan fingerprint density at radius 2 is 2.50 bits per heavy atom. The Bertz CT molecular complexity index is 326. The maximum Gasteiger partial charge on any atom is 0.320 e. The molecule has 66 valence electrons. The van der Waals surface area contributed by atoms with E-state index in [1.54, 1.807) is 0 Å². The van der Waals surface area contributed by atoms with Crippen LogP contribution >= 0.6 is 0 Å². The number of nitrogens with two attached hydrogens (primary N) is 1. The number of hydrogen-bond acceptors (Lipinski definition) is 4. The van der Waals surface area contributed by atoms with E-state index in [0.29, 0.717) is 0 Å². The molecule has 12 heavy (non-hydrogen) atoms. The summed E-state index contributed by atoms with van der Waals surface area (Å²) >= 11 is 0. The standard InChI is InChI=1S/C6H8N2O4/c7-4(6(10)11)1-3-2-12-8-5(3)9/h2,4H,1,7H2,(H,8,9)(H,10,11)/t4-/m0/s1. The van der Waals surface area contributed by atoms with Crippen molar-refractivity contribution in [1.82, 2.24) is 5.16 Å². The summed E-state index contributed by atoms with van der Waals surface area (Å²) in [5, 5.41) is 10.4. The molecule has 0 aliphatic carbocycles. The minimum atomic E-state index is -1.14. The van der Waals surface area contributed by atoms with Gasteiger partial charge in [0.05, 0.1) is 5.56 Å². The molecule has 4 N–H and O–H groups in total. The third kappa shape index (κ3) is 1.73. The lowest BCUT2D eigenvalue weighted by molar-refractivity contribution is -0.138. The Kier molecular flexibility index (Phi) is 2.29. The second-order valence-electron chi connectivity index (χ2n) is 2.34. The molecule has 0 bridgehead atoms. The first kappa shape index (κ1) is 8.54. The molecule has 0 spiro atoms. The number of aromatic nitrogens is 1. The third-order valence-corrected chi connectivity index (χ3v) is 1.40. The zero-order valence-corrected chi connectivity index (χ0v) is 6.11. The van der Waals surface area contributed by atoms with Crippen LogP contribution in [0.1, 0.15) is 5.56 Å². The molecule has 0 fully saturated rings. The molecular weight excluding hydrogens is 164 g/mol. The first-order valence-electron chi connectivity index (χ1n) is 3.24. The van der Waals surface area contributed by atoms with Crippen molar-refractivity contribution >= 4 is 5.97 Å². The Morgan fingerprint density at radius 1 is 1.83 bits per heavy atom. The van der Waals surface area contributed by atoms with E-state index in [9.17, 15) is 9.59 Å². The van der Waals surface area contributed by atoms with Crippen molar-refractivity contribution < 1.29 is 14.4 Å². The lowest BCUT2D eigenvalue weighted by Gasteiger charge is -2.00. The van der Waals surface area contributed by atoms with E-state index in [0.717, 1.165) is 6.26 Å². The van der Waals surface area contributed by atoms with E-state index in [2.05, 4.69) is 4.52 Å². The molecule has 6 nitrogen and oxygen atoms in total. The molecule has 1 heterocycles. The summed E-state index contributed by atoms with van der Waals surface area (Å²) in [4.78, 5) is 21.0. The number of aromatic amines is 1. The van der Waals surface area contributed by atoms with Gasteiger partial charge < -0.3 is 15.4 Å². The van der Waals surface area contributed by atoms with Gasteiger partial charge in [-0.05, 0) is 0 Å². The van der Waals surface area contributed by atoms with E-state index in [1.165, 1.54) is 0 Å². The van der Waals surface area contributed by atoms with Gasteiger partial charge in [0.25, 0.3) is 5.56 Å². The summed E-state index contributed by atoms with van der Waals surface area (Å²) in [5.41, 5.74) is 4.99. The number of carboxylic acids is 1. The molecular formula is C6H8N2O4. The second kappa shape index (κ2) is 3.22. The Balaban J connectivity index is 2.70. The summed E-state index contributed by atoms with van der Waals surface area (Å²) in [5.74, 6) is -1.14. The first-order valence-corrected chi connectivity index (χ1v) is 3.24. The monoisotopic (exact) mass is 172 g/mol. The predicted octanol–water partition coefficient (Wildman–Crippen LogP) is -1.08. The fourth-order valence-corrected chi connectivity index (χ4v) is 0.738. The number of carbonyl (C=O) groups is 1. The molecule has 0 aromatic carbocycles. The molecule has 0 radical (unpaired) electrons. The Hall–Kier alpha value is -1.56. The number of hydrogen-bond donors (Lipinski definition) is 3. The van der Waals surface area contributed by atoms with Crippen molar-refractivity contribution in [3.63, 3.8) is 0 Å². The molecule has 1 atom stereocenters. The highest BCUT2D eigenvalue weighted by Gasteiger charge is 2.14. The van der Waals surface area contributed by atoms with E-state index < -0.39 is 17.6 Å². The molecule has 1 aromatic rings. The van der Waals surface area contributed by atoms with Gasteiger partial charge in [0, 0.05) is 6.42 Å². The van der Waals surface area contributed by atoms with Crippen LogP contribution in [0.5, 0.6) is 0 Å². The van der Waals surface area contributed by atoms with E-state index >= 15 is 0 Å². The highest BCUT2D eigenvalue weighted by molar-refractivity contribution is 5.73. The minimum Gasteiger partial charge on any atom is -0.480 e. The number of rotatable bonds is 3. The van der Waals surface area contributed by atoms with Crippen LogP contribution in [0.15, 0.2) is 15.6 Å². The molecule has 6 heteroatoms. The van der Waals surface area contributed by atoms with Crippen molar-refractivity contribution in [2.45, 2.75) is 12.5 Å². The molecule has 0 aliphatic rings. The molecule has 1 rings (SSSR count). The average molecular weight is 172 g/mol. The lowest BCUT2D eigenvalue weighted by atomic mass is 10.1. The fraction of sp³-hybridized carbons (Fsp3) is 0.333. The molecule has 0 unspecified atom stereocenters. The van der Waals surface area contributed by atoms with Gasteiger partial charge in [-0.15, -0.1) is 0 Å². The quantitative estimate of drug-likeness (QED) is 0.537. The van der Waals surface area contributed by atoms with Gasteiger partial charge in [0.15, 0.2) is 0 Å². The summed E-state index contributed by atoms with van der Waals surface area (Å²) in [6, 6.07) is -1.07. The van der Waals surface area contributed by atoms with Crippen molar-refractivity contribution in [2.24, 2.45) is 5.73 Å². The predicted molar refractivity (Wildman–Crippen MR) is 38.6 cm³/mol. The molecule has 0 saturated heterocycles. The maximum atomic E-state index is 10.8. The molecule has 0 aliphatic heterocycles. The van der Waals surface area contributed by atoms with Gasteiger partial charge in [0.2, 0.25) is 0 Å². The van der Waals surface area contributed by atoms with E-state index in [1.807, 2.05) is 5.16 Å². The number of nitrogens with one attached hydrogen (secondary N) is 1. The number of aliphatic carboxylic acids is 1. The number of H-pyrrole nitrogens is 1. The van der Waals surface area contributed by atoms with Crippen LogP contribution in [0.4, 0.5) is 0 Å². The van der Waals surface area contributed by atoms with Crippen LogP contribution in [0, 0.1) is 0 Å². The smallest absolute Gasteiger partial charge is 0.320 e. The van der Waals surface area contributed by atoms with Crippen molar-refractivity contribution in [1.29, 1.82) is 0 Å². The molecule has 0 amide bonds. The second-order valence-corrected chi connectivity index (χ2v) is 2.34. The van der Waals surface area contributed by atoms with Crippen LogP contribution in [0.25, 0.3) is 0 Å². The summed E-state index contributed by atoms with van der Waals surface area (Å²) in [6.45, 7) is 0. The van der Waals surface area contributed by atoms with Gasteiger partial charge >= 0.3 is 5.97 Å². The van der Waals surface area contributed by atoms with Crippen molar-refractivity contribution in [2.75, 3.05) is 0 Å². The van der Waals surface area contributed by atoms with Gasteiger partial charge in [0.1, 0.15) is 12.3 Å². The molecule has 0 saturated carbocycles. The fourth-order valence-electron chi connectivity index (χ4n) is 0.738. The Labute approximate surface area is 66.9 Å². The minimum absolute atomic E-state index is 0.0266. The average Bonchev–Trinajstić information content (AvgIpc) is 2.36. The van der Waals surface area contributed by atoms with Crippen LogP contribution in [0.3, 0.4) is 0 Å². The lowest BCUT2D eigenvalue weighted by Crippen LogP contribution is -2.33. The summed E-state index contributed by atoms with van der Waals surface area (Å²) in [6.07, 6.45) is 1.13. The van der Waals surface area contributed by atoms with E-state index in [4.69, 9.17) is 10.8 Å². The first-order chi connectivity index (χ1) is 5.61. The van der Waals surface area contributed by atoms with Crippen molar-refractivity contribution in [3.8, 4) is 0 Å². The van der Waals surface area contributed by atoms with Crippen LogP contribution < -0.4 is 11.3 Å². The summed E-state index contributed by atoms with van der Waals surface area (Å²) in [7, 11) is 0.